The van der Waals surface area contributed by atoms with Crippen LogP contribution in [0.4, 0.5) is 0 Å². The van der Waals surface area contributed by atoms with Crippen molar-refractivity contribution in [1.82, 2.24) is 10.6 Å². The molecule has 18 heavy (non-hydrogen) atoms. The van der Waals surface area contributed by atoms with Crippen LogP contribution in [0.3, 0.4) is 0 Å². The normalized spacial score (nSPS) is 22.3. The van der Waals surface area contributed by atoms with E-state index in [0.29, 0.717) is 11.6 Å². The summed E-state index contributed by atoms with van der Waals surface area (Å²) in [5, 5.41) is 6.91. The molecule has 1 aliphatic heterocycles. The van der Waals surface area contributed by atoms with Crippen molar-refractivity contribution in [2.45, 2.75) is 19.9 Å². The molecule has 0 saturated carbocycles. The molecule has 2 rings (SSSR count). The van der Waals surface area contributed by atoms with Crippen molar-refractivity contribution in [3.05, 3.63) is 34.9 Å². The van der Waals surface area contributed by atoms with Gasteiger partial charge in [0.15, 0.2) is 0 Å². The molecule has 0 bridgehead atoms. The Hall–Kier alpha value is -0.770. The van der Waals surface area contributed by atoms with E-state index < -0.39 is 0 Å². The zero-order valence-electron chi connectivity index (χ0n) is 10.3. The second-order valence-electron chi connectivity index (χ2n) is 4.80. The Kier molecular flexibility index (Phi) is 5.45. The average Bonchev–Trinajstić information content (AvgIpc) is 2.76. The minimum Gasteiger partial charge on any atom is -0.352 e. The van der Waals surface area contributed by atoms with Crippen LogP contribution < -0.4 is 10.6 Å². The van der Waals surface area contributed by atoms with Crippen LogP contribution in [-0.2, 0) is 11.3 Å². The molecule has 5 heteroatoms. The van der Waals surface area contributed by atoms with Crippen molar-refractivity contribution in [2.75, 3.05) is 13.1 Å². The molecule has 0 spiro atoms. The van der Waals surface area contributed by atoms with E-state index in [-0.39, 0.29) is 23.7 Å². The summed E-state index contributed by atoms with van der Waals surface area (Å²) in [6.45, 7) is 4.25. The number of halogens is 2. The fourth-order valence-corrected chi connectivity index (χ4v) is 2.13. The summed E-state index contributed by atoms with van der Waals surface area (Å²) in [6, 6.07) is 7.53. The first-order valence-corrected chi connectivity index (χ1v) is 6.21. The third-order valence-electron chi connectivity index (χ3n) is 3.28. The maximum absolute atomic E-state index is 12.0. The van der Waals surface area contributed by atoms with Gasteiger partial charge in [-0.2, -0.15) is 0 Å². The van der Waals surface area contributed by atoms with Crippen LogP contribution in [0.5, 0.6) is 0 Å². The molecule has 1 aromatic carbocycles. The van der Waals surface area contributed by atoms with Crippen LogP contribution in [0.15, 0.2) is 24.3 Å². The molecule has 100 valence electrons. The number of nitrogens with one attached hydrogen (secondary N) is 2. The Balaban J connectivity index is 0.00000162. The third-order valence-corrected chi connectivity index (χ3v) is 3.54. The lowest BCUT2D eigenvalue weighted by molar-refractivity contribution is -0.129. The Bertz CT molecular complexity index is 400. The summed E-state index contributed by atoms with van der Waals surface area (Å²) < 4.78 is 0. The molecule has 1 amide bonds. The molecule has 0 aliphatic carbocycles. The first-order chi connectivity index (χ1) is 8.10. The standard InChI is InChI=1S/C13H17ClN2O.ClH/c1-13(6-7-15-9-13)12(17)16-8-10-2-4-11(14)5-3-10;/h2-5,15H,6-9H2,1H3,(H,16,17);1H. The third kappa shape index (κ3) is 3.61. The van der Waals surface area contributed by atoms with E-state index in [9.17, 15) is 4.79 Å². The minimum atomic E-state index is -0.258. The van der Waals surface area contributed by atoms with Gasteiger partial charge in [0.05, 0.1) is 5.41 Å². The van der Waals surface area contributed by atoms with Crippen molar-refractivity contribution in [3.8, 4) is 0 Å². The summed E-state index contributed by atoms with van der Waals surface area (Å²) in [5.41, 5.74) is 0.809. The van der Waals surface area contributed by atoms with Gasteiger partial charge in [0.2, 0.25) is 5.91 Å². The molecule has 1 aromatic rings. The average molecular weight is 289 g/mol. The first kappa shape index (κ1) is 15.3. The SMILES string of the molecule is CC1(C(=O)NCc2ccc(Cl)cc2)CCNC1.Cl. The van der Waals surface area contributed by atoms with Crippen molar-refractivity contribution >= 4 is 29.9 Å². The zero-order valence-corrected chi connectivity index (χ0v) is 11.9. The molecule has 1 heterocycles. The zero-order chi connectivity index (χ0) is 12.3. The Morgan fingerprint density at radius 1 is 1.44 bits per heavy atom. The number of benzene rings is 1. The van der Waals surface area contributed by atoms with Gasteiger partial charge in [-0.25, -0.2) is 0 Å². The lowest BCUT2D eigenvalue weighted by Gasteiger charge is -2.21. The molecular weight excluding hydrogens is 271 g/mol. The van der Waals surface area contributed by atoms with E-state index in [1.54, 1.807) is 0 Å². The van der Waals surface area contributed by atoms with Crippen molar-refractivity contribution < 1.29 is 4.79 Å². The van der Waals surface area contributed by atoms with E-state index in [2.05, 4.69) is 10.6 Å². The minimum absolute atomic E-state index is 0. The second-order valence-corrected chi connectivity index (χ2v) is 5.23. The molecule has 0 radical (unpaired) electrons. The highest BCUT2D eigenvalue weighted by atomic mass is 35.5. The van der Waals surface area contributed by atoms with Crippen LogP contribution in [0.2, 0.25) is 5.02 Å². The van der Waals surface area contributed by atoms with E-state index >= 15 is 0 Å². The van der Waals surface area contributed by atoms with Gasteiger partial charge in [-0.15, -0.1) is 12.4 Å². The molecule has 1 atom stereocenters. The van der Waals surface area contributed by atoms with Gasteiger partial charge in [0.25, 0.3) is 0 Å². The smallest absolute Gasteiger partial charge is 0.227 e. The van der Waals surface area contributed by atoms with Crippen molar-refractivity contribution in [1.29, 1.82) is 0 Å². The summed E-state index contributed by atoms with van der Waals surface area (Å²) >= 11 is 5.80. The summed E-state index contributed by atoms with van der Waals surface area (Å²) in [7, 11) is 0. The lowest BCUT2D eigenvalue weighted by atomic mass is 9.89. The van der Waals surface area contributed by atoms with E-state index in [4.69, 9.17) is 11.6 Å². The number of rotatable bonds is 3. The molecular formula is C13H18Cl2N2O. The number of hydrogen-bond acceptors (Lipinski definition) is 2. The molecule has 0 aromatic heterocycles. The van der Waals surface area contributed by atoms with E-state index in [1.807, 2.05) is 31.2 Å². The molecule has 3 nitrogen and oxygen atoms in total. The predicted octanol–water partition coefficient (Wildman–Crippen LogP) is 2.38. The van der Waals surface area contributed by atoms with Crippen LogP contribution in [0, 0.1) is 5.41 Å². The summed E-state index contributed by atoms with van der Waals surface area (Å²) in [6.07, 6.45) is 0.902. The van der Waals surface area contributed by atoms with Crippen LogP contribution in [0.1, 0.15) is 18.9 Å². The van der Waals surface area contributed by atoms with Gasteiger partial charge in [0, 0.05) is 18.1 Å². The largest absolute Gasteiger partial charge is 0.352 e. The lowest BCUT2D eigenvalue weighted by Crippen LogP contribution is -2.39. The van der Waals surface area contributed by atoms with Gasteiger partial charge in [-0.1, -0.05) is 23.7 Å². The highest BCUT2D eigenvalue weighted by molar-refractivity contribution is 6.30. The maximum Gasteiger partial charge on any atom is 0.227 e. The van der Waals surface area contributed by atoms with Crippen molar-refractivity contribution in [3.63, 3.8) is 0 Å². The molecule has 1 saturated heterocycles. The number of carbonyl (C=O) groups is 1. The van der Waals surface area contributed by atoms with Gasteiger partial charge >= 0.3 is 0 Å². The molecule has 1 unspecified atom stereocenters. The molecule has 1 fully saturated rings. The van der Waals surface area contributed by atoms with E-state index in [1.165, 1.54) is 0 Å². The topological polar surface area (TPSA) is 41.1 Å². The number of carbonyl (C=O) groups excluding carboxylic acids is 1. The Morgan fingerprint density at radius 3 is 2.67 bits per heavy atom. The van der Waals surface area contributed by atoms with Crippen molar-refractivity contribution in [2.24, 2.45) is 5.41 Å². The Labute approximate surface area is 119 Å². The number of hydrogen-bond donors (Lipinski definition) is 2. The number of amides is 1. The van der Waals surface area contributed by atoms with Gasteiger partial charge in [-0.3, -0.25) is 4.79 Å². The van der Waals surface area contributed by atoms with Crippen LogP contribution in [-0.4, -0.2) is 19.0 Å². The van der Waals surface area contributed by atoms with Gasteiger partial charge < -0.3 is 10.6 Å². The van der Waals surface area contributed by atoms with Crippen LogP contribution >= 0.6 is 24.0 Å². The summed E-state index contributed by atoms with van der Waals surface area (Å²) in [4.78, 5) is 12.0. The Morgan fingerprint density at radius 2 is 2.11 bits per heavy atom. The quantitative estimate of drug-likeness (QED) is 0.897. The first-order valence-electron chi connectivity index (χ1n) is 5.84. The van der Waals surface area contributed by atoms with E-state index in [0.717, 1.165) is 25.1 Å². The fraction of sp³-hybridized carbons (Fsp3) is 0.462. The summed E-state index contributed by atoms with van der Waals surface area (Å²) in [5.74, 6) is 0.123. The monoisotopic (exact) mass is 288 g/mol. The highest BCUT2D eigenvalue weighted by Gasteiger charge is 2.35. The van der Waals surface area contributed by atoms with Gasteiger partial charge in [-0.05, 0) is 37.6 Å². The molecule has 2 N–H and O–H groups in total. The predicted molar refractivity (Wildman–Crippen MR) is 76.1 cm³/mol. The van der Waals surface area contributed by atoms with Crippen LogP contribution in [0.25, 0.3) is 0 Å². The highest BCUT2D eigenvalue weighted by Crippen LogP contribution is 2.24. The maximum atomic E-state index is 12.0. The second kappa shape index (κ2) is 6.41. The molecule has 1 aliphatic rings. The fourth-order valence-electron chi connectivity index (χ4n) is 2.01. The van der Waals surface area contributed by atoms with Gasteiger partial charge in [0.1, 0.15) is 0 Å².